The number of benzene rings is 1. The van der Waals surface area contributed by atoms with Crippen LogP contribution in [-0.4, -0.2) is 4.98 Å². The molecule has 1 N–H and O–H groups in total. The highest BCUT2D eigenvalue weighted by molar-refractivity contribution is 9.10. The van der Waals surface area contributed by atoms with E-state index in [1.54, 1.807) is 6.20 Å². The molecule has 6 heteroatoms. The average molecular weight is 359 g/mol. The van der Waals surface area contributed by atoms with Crippen molar-refractivity contribution < 1.29 is 13.2 Å². The van der Waals surface area contributed by atoms with E-state index in [4.69, 9.17) is 0 Å². The average Bonchev–Trinajstić information content (AvgIpc) is 2.44. The van der Waals surface area contributed by atoms with E-state index in [-0.39, 0.29) is 12.2 Å². The normalized spacial score (nSPS) is 11.5. The summed E-state index contributed by atoms with van der Waals surface area (Å²) in [6.07, 6.45) is -1.96. The summed E-state index contributed by atoms with van der Waals surface area (Å²) in [7, 11) is 0. The van der Waals surface area contributed by atoms with Gasteiger partial charge in [-0.1, -0.05) is 28.9 Å². The van der Waals surface area contributed by atoms with Gasteiger partial charge in [-0.25, -0.2) is 0 Å². The Morgan fingerprint density at radius 1 is 1.24 bits per heavy atom. The Morgan fingerprint density at radius 2 is 2.00 bits per heavy atom. The highest BCUT2D eigenvalue weighted by atomic mass is 79.9. The summed E-state index contributed by atoms with van der Waals surface area (Å²) in [6.45, 7) is 2.24. The van der Waals surface area contributed by atoms with E-state index in [9.17, 15) is 13.2 Å². The fourth-order valence-corrected chi connectivity index (χ4v) is 2.40. The van der Waals surface area contributed by atoms with Crippen molar-refractivity contribution in [2.24, 2.45) is 0 Å². The molecule has 0 saturated heterocycles. The number of rotatable bonds is 4. The maximum atomic E-state index is 13.0. The van der Waals surface area contributed by atoms with Gasteiger partial charge in [-0.2, -0.15) is 13.2 Å². The first kappa shape index (κ1) is 15.8. The van der Waals surface area contributed by atoms with E-state index in [2.05, 4.69) is 26.2 Å². The van der Waals surface area contributed by atoms with Gasteiger partial charge in [0.05, 0.1) is 17.8 Å². The number of alkyl halides is 3. The summed E-state index contributed by atoms with van der Waals surface area (Å²) in [5, 5.41) is 2.84. The molecule has 0 unspecified atom stereocenters. The zero-order valence-electron chi connectivity index (χ0n) is 11.3. The van der Waals surface area contributed by atoms with Crippen LogP contribution < -0.4 is 5.32 Å². The van der Waals surface area contributed by atoms with Crippen LogP contribution in [0.1, 0.15) is 23.7 Å². The molecule has 0 aliphatic heterocycles. The van der Waals surface area contributed by atoms with E-state index in [1.165, 1.54) is 12.1 Å². The second kappa shape index (κ2) is 6.47. The predicted molar refractivity (Wildman–Crippen MR) is 80.1 cm³/mol. The monoisotopic (exact) mass is 358 g/mol. The molecule has 112 valence electrons. The van der Waals surface area contributed by atoms with E-state index < -0.39 is 11.7 Å². The van der Waals surface area contributed by atoms with E-state index in [0.717, 1.165) is 23.7 Å². The van der Waals surface area contributed by atoms with Gasteiger partial charge in [0.1, 0.15) is 0 Å². The fraction of sp³-hybridized carbons (Fsp3) is 0.267. The Labute approximate surface area is 129 Å². The van der Waals surface area contributed by atoms with E-state index in [0.29, 0.717) is 4.47 Å². The molecule has 21 heavy (non-hydrogen) atoms. The fourth-order valence-electron chi connectivity index (χ4n) is 2.04. The Bertz CT molecular complexity index is 627. The van der Waals surface area contributed by atoms with Gasteiger partial charge in [0.2, 0.25) is 0 Å². The summed E-state index contributed by atoms with van der Waals surface area (Å²) >= 11 is 3.19. The van der Waals surface area contributed by atoms with Gasteiger partial charge in [0.25, 0.3) is 0 Å². The van der Waals surface area contributed by atoms with Gasteiger partial charge in [0, 0.05) is 16.4 Å². The molecule has 1 aromatic carbocycles. The van der Waals surface area contributed by atoms with Crippen LogP contribution in [0.4, 0.5) is 18.9 Å². The Morgan fingerprint density at radius 3 is 2.67 bits per heavy atom. The molecule has 1 heterocycles. The van der Waals surface area contributed by atoms with Crippen LogP contribution in [0.2, 0.25) is 0 Å². The highest BCUT2D eigenvalue weighted by Crippen LogP contribution is 2.36. The van der Waals surface area contributed by atoms with E-state index >= 15 is 0 Å². The zero-order valence-corrected chi connectivity index (χ0v) is 12.9. The topological polar surface area (TPSA) is 24.9 Å². The molecule has 0 atom stereocenters. The molecular weight excluding hydrogens is 345 g/mol. The predicted octanol–water partition coefficient (Wildman–Crippen LogP) is 5.04. The molecule has 2 aromatic rings. The third kappa shape index (κ3) is 3.97. The third-order valence-electron chi connectivity index (χ3n) is 3.10. The van der Waals surface area contributed by atoms with Gasteiger partial charge in [-0.3, -0.25) is 4.98 Å². The summed E-state index contributed by atoms with van der Waals surface area (Å²) in [5.74, 6) is 0. The molecule has 2 rings (SSSR count). The number of aryl methyl sites for hydroxylation is 1. The zero-order chi connectivity index (χ0) is 15.5. The first-order valence-electron chi connectivity index (χ1n) is 6.45. The molecule has 0 aliphatic rings. The van der Waals surface area contributed by atoms with Crippen LogP contribution in [0, 0.1) is 0 Å². The summed E-state index contributed by atoms with van der Waals surface area (Å²) in [6, 6.07) is 7.62. The lowest BCUT2D eigenvalue weighted by Gasteiger charge is -2.15. The minimum atomic E-state index is -4.39. The van der Waals surface area contributed by atoms with Crippen LogP contribution >= 0.6 is 15.9 Å². The van der Waals surface area contributed by atoms with Crippen LogP contribution in [0.3, 0.4) is 0 Å². The lowest BCUT2D eigenvalue weighted by Crippen LogP contribution is -2.12. The van der Waals surface area contributed by atoms with Crippen molar-refractivity contribution in [2.45, 2.75) is 26.1 Å². The molecule has 2 nitrogen and oxygen atoms in total. The van der Waals surface area contributed by atoms with Gasteiger partial charge in [0.15, 0.2) is 0 Å². The smallest absolute Gasteiger partial charge is 0.379 e. The number of nitrogens with one attached hydrogen (secondary N) is 1. The number of halogens is 4. The maximum Gasteiger partial charge on any atom is 0.418 e. The summed E-state index contributed by atoms with van der Waals surface area (Å²) in [5.41, 5.74) is 1.14. The minimum absolute atomic E-state index is 0.0459. The summed E-state index contributed by atoms with van der Waals surface area (Å²) < 4.78 is 39.5. The number of nitrogens with zero attached hydrogens (tertiary/aromatic N) is 1. The molecule has 0 radical (unpaired) electrons. The van der Waals surface area contributed by atoms with E-state index in [1.807, 2.05) is 19.1 Å². The molecule has 0 saturated carbocycles. The molecule has 0 bridgehead atoms. The van der Waals surface area contributed by atoms with Crippen molar-refractivity contribution in [3.8, 4) is 0 Å². The van der Waals surface area contributed by atoms with Crippen molar-refractivity contribution in [3.05, 3.63) is 57.8 Å². The van der Waals surface area contributed by atoms with Crippen molar-refractivity contribution >= 4 is 21.6 Å². The Balaban J connectivity index is 2.25. The third-order valence-corrected chi connectivity index (χ3v) is 3.59. The lowest BCUT2D eigenvalue weighted by atomic mass is 10.1. The van der Waals surface area contributed by atoms with Crippen LogP contribution in [0.25, 0.3) is 0 Å². The van der Waals surface area contributed by atoms with Crippen LogP contribution in [-0.2, 0) is 19.1 Å². The largest absolute Gasteiger partial charge is 0.418 e. The lowest BCUT2D eigenvalue weighted by molar-refractivity contribution is -0.137. The Hall–Kier alpha value is -1.56. The first-order chi connectivity index (χ1) is 9.91. The molecule has 1 aromatic heterocycles. The van der Waals surface area contributed by atoms with Crippen molar-refractivity contribution in [2.75, 3.05) is 5.32 Å². The van der Waals surface area contributed by atoms with Gasteiger partial charge in [-0.05, 0) is 36.2 Å². The second-order valence-corrected chi connectivity index (χ2v) is 5.42. The standard InChI is InChI=1S/C15H14BrF3N2/c1-2-10-4-3-7-20-14(10)9-21-13-8-11(16)5-6-12(13)15(17,18)19/h3-8,21H,2,9H2,1H3. The Kier molecular flexibility index (Phi) is 4.88. The van der Waals surface area contributed by atoms with Gasteiger partial charge < -0.3 is 5.32 Å². The number of pyridine rings is 1. The highest BCUT2D eigenvalue weighted by Gasteiger charge is 2.33. The molecule has 0 amide bonds. The van der Waals surface area contributed by atoms with Crippen molar-refractivity contribution in [1.82, 2.24) is 4.98 Å². The summed E-state index contributed by atoms with van der Waals surface area (Å²) in [4.78, 5) is 4.22. The van der Waals surface area contributed by atoms with Crippen molar-refractivity contribution in [1.29, 1.82) is 0 Å². The molecule has 0 spiro atoms. The van der Waals surface area contributed by atoms with Crippen molar-refractivity contribution in [3.63, 3.8) is 0 Å². The SMILES string of the molecule is CCc1cccnc1CNc1cc(Br)ccc1C(F)(F)F. The first-order valence-corrected chi connectivity index (χ1v) is 7.24. The maximum absolute atomic E-state index is 13.0. The quantitative estimate of drug-likeness (QED) is 0.828. The molecular formula is C15H14BrF3N2. The van der Waals surface area contributed by atoms with Crippen LogP contribution in [0.15, 0.2) is 41.0 Å². The number of anilines is 1. The van der Waals surface area contributed by atoms with Gasteiger partial charge in [-0.15, -0.1) is 0 Å². The number of hydrogen-bond acceptors (Lipinski definition) is 2. The minimum Gasteiger partial charge on any atom is -0.379 e. The van der Waals surface area contributed by atoms with Crippen LogP contribution in [0.5, 0.6) is 0 Å². The second-order valence-electron chi connectivity index (χ2n) is 4.50. The number of hydrogen-bond donors (Lipinski definition) is 1. The van der Waals surface area contributed by atoms with Gasteiger partial charge >= 0.3 is 6.18 Å². The molecule has 0 aliphatic carbocycles. The number of aromatic nitrogens is 1. The molecule has 0 fully saturated rings.